The molecule has 0 radical (unpaired) electrons. The molecular weight excluding hydrogens is 322 g/mol. The van der Waals surface area contributed by atoms with Gasteiger partial charge in [0.15, 0.2) is 0 Å². The number of imidazole rings is 1. The van der Waals surface area contributed by atoms with Crippen LogP contribution in [-0.2, 0) is 0 Å². The van der Waals surface area contributed by atoms with Crippen LogP contribution in [0.3, 0.4) is 0 Å². The van der Waals surface area contributed by atoms with E-state index < -0.39 is 0 Å². The highest BCUT2D eigenvalue weighted by molar-refractivity contribution is 5.81. The van der Waals surface area contributed by atoms with Crippen molar-refractivity contribution < 1.29 is 4.74 Å². The van der Waals surface area contributed by atoms with Crippen molar-refractivity contribution in [1.82, 2.24) is 14.3 Å². The predicted molar refractivity (Wildman–Crippen MR) is 106 cm³/mol. The highest BCUT2D eigenvalue weighted by Crippen LogP contribution is 2.36. The molecule has 0 spiro atoms. The number of fused-ring (bicyclic) bond motifs is 1. The van der Waals surface area contributed by atoms with E-state index in [1.165, 1.54) is 5.82 Å². The molecule has 26 heavy (non-hydrogen) atoms. The van der Waals surface area contributed by atoms with Crippen LogP contribution in [0, 0.1) is 0 Å². The summed E-state index contributed by atoms with van der Waals surface area (Å²) in [6.07, 6.45) is 6.39. The van der Waals surface area contributed by atoms with Crippen molar-refractivity contribution in [1.29, 1.82) is 0 Å². The summed E-state index contributed by atoms with van der Waals surface area (Å²) in [6, 6.07) is 14.4. The van der Waals surface area contributed by atoms with E-state index in [4.69, 9.17) is 9.72 Å². The summed E-state index contributed by atoms with van der Waals surface area (Å²) < 4.78 is 7.84. The summed E-state index contributed by atoms with van der Waals surface area (Å²) in [5.74, 6) is 2.51. The first-order valence-electron chi connectivity index (χ1n) is 9.25. The van der Waals surface area contributed by atoms with Crippen molar-refractivity contribution in [3.63, 3.8) is 0 Å². The van der Waals surface area contributed by atoms with E-state index in [0.717, 1.165) is 55.0 Å². The van der Waals surface area contributed by atoms with Gasteiger partial charge in [0.1, 0.15) is 17.3 Å². The van der Waals surface area contributed by atoms with Crippen LogP contribution in [0.5, 0.6) is 5.75 Å². The zero-order valence-corrected chi connectivity index (χ0v) is 15.3. The lowest BCUT2D eigenvalue weighted by Gasteiger charge is -2.30. The van der Waals surface area contributed by atoms with Gasteiger partial charge in [-0.2, -0.15) is 0 Å². The maximum Gasteiger partial charge on any atom is 0.128 e. The van der Waals surface area contributed by atoms with Gasteiger partial charge in [-0.15, -0.1) is 6.58 Å². The molecule has 1 saturated heterocycles. The largest absolute Gasteiger partial charge is 0.496 e. The molecule has 0 amide bonds. The molecule has 1 aromatic carbocycles. The summed E-state index contributed by atoms with van der Waals surface area (Å²) in [5, 5.41) is 0. The topological polar surface area (TPSA) is 29.8 Å². The standard InChI is InChI=1S/C22H25N3O/c1-3-13-24-15-11-17(12-16-24)22-23-21(19-9-6-7-14-25(19)22)18-8-4-5-10-20(18)26-2/h3-10,14,17H,1,11-13,15-16H2,2H3. The van der Waals surface area contributed by atoms with Crippen molar-refractivity contribution >= 4 is 5.52 Å². The molecule has 0 N–H and O–H groups in total. The van der Waals surface area contributed by atoms with Gasteiger partial charge in [0.25, 0.3) is 0 Å². The Morgan fingerprint density at radius 2 is 1.92 bits per heavy atom. The molecule has 0 unspecified atom stereocenters. The van der Waals surface area contributed by atoms with Crippen molar-refractivity contribution in [2.45, 2.75) is 18.8 Å². The van der Waals surface area contributed by atoms with Gasteiger partial charge in [-0.3, -0.25) is 4.90 Å². The molecule has 3 heterocycles. The number of nitrogens with zero attached hydrogens (tertiary/aromatic N) is 3. The maximum absolute atomic E-state index is 5.58. The summed E-state index contributed by atoms with van der Waals surface area (Å²) in [6.45, 7) is 7.03. The molecule has 0 bridgehead atoms. The number of benzene rings is 1. The van der Waals surface area contributed by atoms with Gasteiger partial charge in [0.2, 0.25) is 0 Å². The van der Waals surface area contributed by atoms with Crippen molar-refractivity contribution in [3.8, 4) is 17.0 Å². The van der Waals surface area contributed by atoms with Crippen molar-refractivity contribution in [2.75, 3.05) is 26.7 Å². The van der Waals surface area contributed by atoms with Gasteiger partial charge < -0.3 is 9.14 Å². The Bertz CT molecular complexity index is 907. The lowest BCUT2D eigenvalue weighted by Crippen LogP contribution is -2.33. The highest BCUT2D eigenvalue weighted by Gasteiger charge is 2.25. The van der Waals surface area contributed by atoms with E-state index in [1.54, 1.807) is 7.11 Å². The van der Waals surface area contributed by atoms with E-state index in [2.05, 4.69) is 46.3 Å². The maximum atomic E-state index is 5.58. The molecule has 4 heteroatoms. The second-order valence-corrected chi connectivity index (χ2v) is 6.84. The monoisotopic (exact) mass is 347 g/mol. The Morgan fingerprint density at radius 3 is 2.69 bits per heavy atom. The second kappa shape index (κ2) is 7.34. The summed E-state index contributed by atoms with van der Waals surface area (Å²) in [5.41, 5.74) is 3.20. The number of likely N-dealkylation sites (tertiary alicyclic amines) is 1. The number of rotatable bonds is 5. The van der Waals surface area contributed by atoms with E-state index in [9.17, 15) is 0 Å². The fraction of sp³-hybridized carbons (Fsp3) is 0.318. The van der Waals surface area contributed by atoms with Crippen LogP contribution in [0.2, 0.25) is 0 Å². The number of methoxy groups -OCH3 is 1. The number of hydrogen-bond acceptors (Lipinski definition) is 3. The Morgan fingerprint density at radius 1 is 1.15 bits per heavy atom. The first kappa shape index (κ1) is 16.9. The average Bonchev–Trinajstić information content (AvgIpc) is 3.08. The SMILES string of the molecule is C=CCN1CCC(c2nc(-c3ccccc3OC)c3ccccn23)CC1. The molecule has 1 aliphatic rings. The van der Waals surface area contributed by atoms with E-state index in [1.807, 2.05) is 24.3 Å². The van der Waals surface area contributed by atoms with Gasteiger partial charge in [-0.1, -0.05) is 24.3 Å². The molecule has 0 saturated carbocycles. The van der Waals surface area contributed by atoms with E-state index in [0.29, 0.717) is 5.92 Å². The molecule has 4 nitrogen and oxygen atoms in total. The lowest BCUT2D eigenvalue weighted by molar-refractivity contribution is 0.229. The first-order chi connectivity index (χ1) is 12.8. The van der Waals surface area contributed by atoms with Crippen LogP contribution in [0.25, 0.3) is 16.8 Å². The molecule has 0 aliphatic carbocycles. The minimum absolute atomic E-state index is 0.481. The third-order valence-electron chi connectivity index (χ3n) is 5.28. The van der Waals surface area contributed by atoms with Crippen LogP contribution < -0.4 is 4.74 Å². The normalized spacial score (nSPS) is 16.0. The fourth-order valence-electron chi connectivity index (χ4n) is 3.94. The molecule has 1 aliphatic heterocycles. The summed E-state index contributed by atoms with van der Waals surface area (Å²) in [4.78, 5) is 7.57. The first-order valence-corrected chi connectivity index (χ1v) is 9.25. The predicted octanol–water partition coefficient (Wildman–Crippen LogP) is 4.38. The Labute approximate surface area is 154 Å². The van der Waals surface area contributed by atoms with Crippen LogP contribution in [-0.4, -0.2) is 41.0 Å². The number of pyridine rings is 1. The quantitative estimate of drug-likeness (QED) is 0.642. The third kappa shape index (κ3) is 3.01. The van der Waals surface area contributed by atoms with Crippen LogP contribution in [0.4, 0.5) is 0 Å². The van der Waals surface area contributed by atoms with Crippen LogP contribution in [0.15, 0.2) is 61.3 Å². The average molecular weight is 347 g/mol. The van der Waals surface area contributed by atoms with Crippen molar-refractivity contribution in [3.05, 3.63) is 67.1 Å². The molecule has 3 aromatic rings. The molecule has 1 fully saturated rings. The minimum Gasteiger partial charge on any atom is -0.496 e. The van der Waals surface area contributed by atoms with Crippen LogP contribution >= 0.6 is 0 Å². The number of hydrogen-bond donors (Lipinski definition) is 0. The van der Waals surface area contributed by atoms with E-state index in [-0.39, 0.29) is 0 Å². The molecule has 134 valence electrons. The molecule has 0 atom stereocenters. The fourth-order valence-corrected chi connectivity index (χ4v) is 3.94. The number of aromatic nitrogens is 2. The smallest absolute Gasteiger partial charge is 0.128 e. The third-order valence-corrected chi connectivity index (χ3v) is 5.28. The molecule has 2 aromatic heterocycles. The minimum atomic E-state index is 0.481. The summed E-state index contributed by atoms with van der Waals surface area (Å²) >= 11 is 0. The van der Waals surface area contributed by atoms with Gasteiger partial charge in [-0.25, -0.2) is 4.98 Å². The Kier molecular flexibility index (Phi) is 4.76. The van der Waals surface area contributed by atoms with Gasteiger partial charge in [-0.05, 0) is 50.2 Å². The zero-order chi connectivity index (χ0) is 17.9. The Hall–Kier alpha value is -2.59. The van der Waals surface area contributed by atoms with E-state index >= 15 is 0 Å². The van der Waals surface area contributed by atoms with Gasteiger partial charge in [0, 0.05) is 24.2 Å². The van der Waals surface area contributed by atoms with Crippen molar-refractivity contribution in [2.24, 2.45) is 0 Å². The summed E-state index contributed by atoms with van der Waals surface area (Å²) in [7, 11) is 1.72. The number of para-hydroxylation sites is 1. The number of piperidine rings is 1. The molecule has 4 rings (SSSR count). The lowest BCUT2D eigenvalue weighted by atomic mass is 9.96. The number of ether oxygens (including phenoxy) is 1. The van der Waals surface area contributed by atoms with Crippen LogP contribution in [0.1, 0.15) is 24.6 Å². The highest BCUT2D eigenvalue weighted by atomic mass is 16.5. The van der Waals surface area contributed by atoms with Gasteiger partial charge >= 0.3 is 0 Å². The zero-order valence-electron chi connectivity index (χ0n) is 15.3. The second-order valence-electron chi connectivity index (χ2n) is 6.84. The van der Waals surface area contributed by atoms with Gasteiger partial charge in [0.05, 0.1) is 12.6 Å². The molecular formula is C22H25N3O. The Balaban J connectivity index is 1.75.